The summed E-state index contributed by atoms with van der Waals surface area (Å²) in [5, 5.41) is 6.22. The summed E-state index contributed by atoms with van der Waals surface area (Å²) in [5.74, 6) is 1.25. The van der Waals surface area contributed by atoms with Crippen LogP contribution in [0.25, 0.3) is 0 Å². The molecule has 1 amide bonds. The lowest BCUT2D eigenvalue weighted by Gasteiger charge is -2.08. The van der Waals surface area contributed by atoms with E-state index in [-0.39, 0.29) is 6.09 Å². The van der Waals surface area contributed by atoms with E-state index in [4.69, 9.17) is 4.74 Å². The Bertz CT molecular complexity index is 397. The monoisotopic (exact) mass is 232 g/mol. The van der Waals surface area contributed by atoms with Gasteiger partial charge in [-0.1, -0.05) is 30.3 Å². The number of benzene rings is 1. The maximum atomic E-state index is 11.5. The van der Waals surface area contributed by atoms with E-state index in [9.17, 15) is 4.79 Å². The first-order valence-electron chi connectivity index (χ1n) is 6.02. The molecule has 90 valence electrons. The van der Waals surface area contributed by atoms with Crippen molar-refractivity contribution in [3.05, 3.63) is 35.9 Å². The number of nitrogens with one attached hydrogen (secondary N) is 2. The van der Waals surface area contributed by atoms with Crippen molar-refractivity contribution in [1.82, 2.24) is 10.6 Å². The highest BCUT2D eigenvalue weighted by Gasteiger charge is 2.53. The van der Waals surface area contributed by atoms with Crippen LogP contribution in [0.5, 0.6) is 0 Å². The summed E-state index contributed by atoms with van der Waals surface area (Å²) in [6.07, 6.45) is -0.298. The zero-order chi connectivity index (χ0) is 11.7. The van der Waals surface area contributed by atoms with Gasteiger partial charge in [0.05, 0.1) is 0 Å². The van der Waals surface area contributed by atoms with Gasteiger partial charge in [-0.05, 0) is 17.4 Å². The van der Waals surface area contributed by atoms with Crippen LogP contribution in [0, 0.1) is 11.8 Å². The van der Waals surface area contributed by atoms with Crippen LogP contribution >= 0.6 is 0 Å². The summed E-state index contributed by atoms with van der Waals surface area (Å²) in [7, 11) is 0. The quantitative estimate of drug-likeness (QED) is 0.821. The van der Waals surface area contributed by atoms with Crippen molar-refractivity contribution in [2.75, 3.05) is 13.1 Å². The van der Waals surface area contributed by atoms with Crippen molar-refractivity contribution in [2.45, 2.75) is 12.6 Å². The van der Waals surface area contributed by atoms with Crippen LogP contribution in [-0.2, 0) is 11.3 Å². The zero-order valence-corrected chi connectivity index (χ0v) is 9.56. The van der Waals surface area contributed by atoms with Crippen molar-refractivity contribution < 1.29 is 9.53 Å². The van der Waals surface area contributed by atoms with Gasteiger partial charge in [0.1, 0.15) is 6.61 Å². The Kier molecular flexibility index (Phi) is 2.73. The van der Waals surface area contributed by atoms with Crippen molar-refractivity contribution in [3.63, 3.8) is 0 Å². The maximum Gasteiger partial charge on any atom is 0.407 e. The van der Waals surface area contributed by atoms with Crippen LogP contribution < -0.4 is 10.6 Å². The molecule has 3 atom stereocenters. The highest BCUT2D eigenvalue weighted by atomic mass is 16.5. The number of alkyl carbamates (subject to hydrolysis) is 1. The highest BCUT2D eigenvalue weighted by molar-refractivity contribution is 5.68. The Morgan fingerprint density at radius 2 is 2.00 bits per heavy atom. The van der Waals surface area contributed by atoms with Gasteiger partial charge in [0.2, 0.25) is 0 Å². The normalized spacial score (nSPS) is 29.5. The summed E-state index contributed by atoms with van der Waals surface area (Å²) >= 11 is 0. The second kappa shape index (κ2) is 4.37. The first-order valence-corrected chi connectivity index (χ1v) is 6.02. The average Bonchev–Trinajstić information content (AvgIpc) is 2.79. The van der Waals surface area contributed by atoms with Gasteiger partial charge in [0.15, 0.2) is 0 Å². The molecule has 0 unspecified atom stereocenters. The molecule has 1 aromatic rings. The summed E-state index contributed by atoms with van der Waals surface area (Å²) in [4.78, 5) is 11.5. The molecule has 4 nitrogen and oxygen atoms in total. The van der Waals surface area contributed by atoms with Crippen LogP contribution in [0.2, 0.25) is 0 Å². The lowest BCUT2D eigenvalue weighted by Crippen LogP contribution is -2.32. The molecule has 2 aliphatic rings. The number of fused-ring (bicyclic) bond motifs is 1. The first-order chi connectivity index (χ1) is 8.34. The molecule has 0 radical (unpaired) electrons. The Balaban J connectivity index is 1.42. The number of rotatable bonds is 3. The molecule has 4 heteroatoms. The molecule has 0 aromatic heterocycles. The van der Waals surface area contributed by atoms with E-state index in [1.54, 1.807) is 0 Å². The molecule has 2 N–H and O–H groups in total. The van der Waals surface area contributed by atoms with E-state index in [1.807, 2.05) is 30.3 Å². The molecule has 17 heavy (non-hydrogen) atoms. The second-order valence-corrected chi connectivity index (χ2v) is 4.72. The molecule has 3 rings (SSSR count). The van der Waals surface area contributed by atoms with E-state index in [2.05, 4.69) is 10.6 Å². The number of carbonyl (C=O) groups is 1. The van der Waals surface area contributed by atoms with Crippen molar-refractivity contribution in [3.8, 4) is 0 Å². The van der Waals surface area contributed by atoms with Gasteiger partial charge in [-0.3, -0.25) is 0 Å². The largest absolute Gasteiger partial charge is 0.445 e. The zero-order valence-electron chi connectivity index (χ0n) is 9.56. The molecule has 0 spiro atoms. The van der Waals surface area contributed by atoms with Gasteiger partial charge in [0, 0.05) is 19.1 Å². The van der Waals surface area contributed by atoms with Crippen LogP contribution in [-0.4, -0.2) is 25.2 Å². The fraction of sp³-hybridized carbons (Fsp3) is 0.462. The van der Waals surface area contributed by atoms with E-state index in [0.29, 0.717) is 24.5 Å². The second-order valence-electron chi connectivity index (χ2n) is 4.72. The molecular weight excluding hydrogens is 216 g/mol. The smallest absolute Gasteiger partial charge is 0.407 e. The molecule has 1 aliphatic carbocycles. The lowest BCUT2D eigenvalue weighted by molar-refractivity contribution is 0.138. The predicted molar refractivity (Wildman–Crippen MR) is 63.4 cm³/mol. The molecule has 2 fully saturated rings. The number of amides is 1. The van der Waals surface area contributed by atoms with Gasteiger partial charge in [0.25, 0.3) is 0 Å². The van der Waals surface area contributed by atoms with Gasteiger partial charge >= 0.3 is 6.09 Å². The third-order valence-corrected chi connectivity index (χ3v) is 3.59. The number of ether oxygens (including phenoxy) is 1. The predicted octanol–water partition coefficient (Wildman–Crippen LogP) is 1.13. The molecule has 1 aliphatic heterocycles. The number of hydrogen-bond donors (Lipinski definition) is 2. The van der Waals surface area contributed by atoms with E-state index < -0.39 is 0 Å². The first kappa shape index (κ1) is 10.6. The van der Waals surface area contributed by atoms with Crippen LogP contribution in [0.4, 0.5) is 4.79 Å². The Morgan fingerprint density at radius 1 is 1.29 bits per heavy atom. The van der Waals surface area contributed by atoms with Gasteiger partial charge in [-0.2, -0.15) is 0 Å². The van der Waals surface area contributed by atoms with Crippen molar-refractivity contribution >= 4 is 6.09 Å². The summed E-state index contributed by atoms with van der Waals surface area (Å²) in [6.45, 7) is 2.38. The standard InChI is InChI=1S/C13H16N2O2/c16-13(15-12-10-6-14-7-11(10)12)17-8-9-4-2-1-3-5-9/h1-5,10-12,14H,6-8H2,(H,15,16)/t10-,11+,12-. The number of carbonyl (C=O) groups excluding carboxylic acids is 1. The number of hydrogen-bond acceptors (Lipinski definition) is 3. The fourth-order valence-electron chi connectivity index (χ4n) is 2.53. The molecule has 1 saturated carbocycles. The molecule has 1 heterocycles. The fourth-order valence-corrected chi connectivity index (χ4v) is 2.53. The third kappa shape index (κ3) is 2.26. The maximum absolute atomic E-state index is 11.5. The molecule has 1 aromatic carbocycles. The van der Waals surface area contributed by atoms with Gasteiger partial charge in [-0.15, -0.1) is 0 Å². The van der Waals surface area contributed by atoms with Crippen LogP contribution in [0.1, 0.15) is 5.56 Å². The third-order valence-electron chi connectivity index (χ3n) is 3.59. The van der Waals surface area contributed by atoms with Gasteiger partial charge in [-0.25, -0.2) is 4.79 Å². The van der Waals surface area contributed by atoms with Gasteiger partial charge < -0.3 is 15.4 Å². The lowest BCUT2D eigenvalue weighted by atomic mass is 10.2. The summed E-state index contributed by atoms with van der Waals surface area (Å²) < 4.78 is 5.17. The van der Waals surface area contributed by atoms with E-state index >= 15 is 0 Å². The van der Waals surface area contributed by atoms with Crippen LogP contribution in [0.15, 0.2) is 30.3 Å². The topological polar surface area (TPSA) is 50.4 Å². The van der Waals surface area contributed by atoms with Crippen molar-refractivity contribution in [1.29, 1.82) is 0 Å². The summed E-state index contributed by atoms with van der Waals surface area (Å²) in [6, 6.07) is 10.1. The van der Waals surface area contributed by atoms with Crippen molar-refractivity contribution in [2.24, 2.45) is 11.8 Å². The molecular formula is C13H16N2O2. The molecule has 1 saturated heterocycles. The SMILES string of the molecule is O=C(N[C@@H]1[C@@H]2CNC[C@@H]21)OCc1ccccc1. The average molecular weight is 232 g/mol. The van der Waals surface area contributed by atoms with Crippen LogP contribution in [0.3, 0.4) is 0 Å². The highest BCUT2D eigenvalue weighted by Crippen LogP contribution is 2.41. The Morgan fingerprint density at radius 3 is 2.71 bits per heavy atom. The van der Waals surface area contributed by atoms with E-state index in [1.165, 1.54) is 0 Å². The minimum Gasteiger partial charge on any atom is -0.445 e. The Labute approximate surface area is 100 Å². The molecule has 0 bridgehead atoms. The number of piperidine rings is 1. The van der Waals surface area contributed by atoms with E-state index in [0.717, 1.165) is 18.7 Å². The minimum absolute atomic E-state index is 0.298. The summed E-state index contributed by atoms with van der Waals surface area (Å²) in [5.41, 5.74) is 1.01. The minimum atomic E-state index is -0.298. The Hall–Kier alpha value is -1.55.